The molecule has 0 radical (unpaired) electrons. The average molecular weight is 431 g/mol. The number of ether oxygens (including phenoxy) is 1. The van der Waals surface area contributed by atoms with E-state index in [1.165, 1.54) is 18.4 Å². The number of hydrogen-bond acceptors (Lipinski definition) is 2. The van der Waals surface area contributed by atoms with Crippen LogP contribution in [-0.4, -0.2) is 37.1 Å². The highest BCUT2D eigenvalue weighted by atomic mass is 127. The lowest BCUT2D eigenvalue weighted by molar-refractivity contribution is 0.277. The fourth-order valence-corrected chi connectivity index (χ4v) is 2.57. The number of rotatable bonds is 6. The fourth-order valence-electron chi connectivity index (χ4n) is 2.57. The van der Waals surface area contributed by atoms with Crippen molar-refractivity contribution in [3.05, 3.63) is 29.8 Å². The number of hydrogen-bond donors (Lipinski definition) is 1. The van der Waals surface area contributed by atoms with Crippen LogP contribution >= 0.6 is 24.0 Å². The number of aliphatic imine (C=N–C) groups is 1. The number of piperidine rings is 1. The molecule has 23 heavy (non-hydrogen) atoms. The first-order valence-electron chi connectivity index (χ1n) is 8.39. The molecular weight excluding hydrogens is 401 g/mol. The minimum atomic E-state index is 0. The monoisotopic (exact) mass is 431 g/mol. The Bertz CT molecular complexity index is 468. The molecule has 0 amide bonds. The van der Waals surface area contributed by atoms with Crippen molar-refractivity contribution in [2.45, 2.75) is 39.5 Å². The molecule has 2 rings (SSSR count). The molecule has 0 spiro atoms. The molecule has 0 bridgehead atoms. The molecule has 1 saturated heterocycles. The lowest BCUT2D eigenvalue weighted by Gasteiger charge is -2.31. The molecule has 0 atom stereocenters. The Kier molecular flexibility index (Phi) is 9.36. The number of unbranched alkanes of at least 4 members (excludes halogenated alkanes) is 1. The smallest absolute Gasteiger partial charge is 0.191 e. The van der Waals surface area contributed by atoms with Gasteiger partial charge in [0, 0.05) is 19.6 Å². The zero-order chi connectivity index (χ0) is 15.8. The van der Waals surface area contributed by atoms with Crippen molar-refractivity contribution in [2.75, 3.05) is 26.2 Å². The lowest BCUT2D eigenvalue weighted by Crippen LogP contribution is -2.42. The van der Waals surface area contributed by atoms with E-state index in [2.05, 4.69) is 35.9 Å². The summed E-state index contributed by atoms with van der Waals surface area (Å²) >= 11 is 0. The van der Waals surface area contributed by atoms with Crippen LogP contribution in [0.3, 0.4) is 0 Å². The predicted molar refractivity (Wildman–Crippen MR) is 108 cm³/mol. The summed E-state index contributed by atoms with van der Waals surface area (Å²) in [6.45, 7) is 8.00. The van der Waals surface area contributed by atoms with Gasteiger partial charge in [-0.2, -0.15) is 0 Å². The van der Waals surface area contributed by atoms with E-state index in [0.29, 0.717) is 5.96 Å². The summed E-state index contributed by atoms with van der Waals surface area (Å²) in [5, 5.41) is 0. The molecule has 1 heterocycles. The Hall–Kier alpha value is -0.980. The summed E-state index contributed by atoms with van der Waals surface area (Å²) in [6.07, 6.45) is 4.46. The molecule has 5 heteroatoms. The second kappa shape index (κ2) is 10.7. The molecule has 1 fully saturated rings. The topological polar surface area (TPSA) is 50.9 Å². The number of nitrogens with two attached hydrogens (primary N) is 1. The first-order chi connectivity index (χ1) is 10.6. The van der Waals surface area contributed by atoms with Crippen molar-refractivity contribution in [1.29, 1.82) is 0 Å². The van der Waals surface area contributed by atoms with E-state index in [0.717, 1.165) is 50.8 Å². The van der Waals surface area contributed by atoms with E-state index in [1.54, 1.807) is 0 Å². The Morgan fingerprint density at radius 3 is 2.52 bits per heavy atom. The molecule has 2 N–H and O–H groups in total. The van der Waals surface area contributed by atoms with Crippen LogP contribution in [0, 0.1) is 12.8 Å². The summed E-state index contributed by atoms with van der Waals surface area (Å²) in [6, 6.07) is 8.17. The van der Waals surface area contributed by atoms with Crippen LogP contribution < -0.4 is 10.5 Å². The molecule has 1 aliphatic heterocycles. The van der Waals surface area contributed by atoms with Crippen molar-refractivity contribution in [3.8, 4) is 5.75 Å². The van der Waals surface area contributed by atoms with Gasteiger partial charge in [-0.3, -0.25) is 4.99 Å². The molecule has 1 aromatic rings. The highest BCUT2D eigenvalue weighted by Crippen LogP contribution is 2.15. The second-order valence-electron chi connectivity index (χ2n) is 6.28. The van der Waals surface area contributed by atoms with Crippen molar-refractivity contribution >= 4 is 29.9 Å². The van der Waals surface area contributed by atoms with Crippen LogP contribution in [0.25, 0.3) is 0 Å². The standard InChI is InChI=1S/C18H29N3O.HI/c1-15-5-7-17(8-6-15)22-14-4-3-11-20-18(19)21-12-9-16(2)10-13-21;/h5-8,16H,3-4,9-14H2,1-2H3,(H2,19,20);1H. The number of nitrogens with zero attached hydrogens (tertiary/aromatic N) is 2. The summed E-state index contributed by atoms with van der Waals surface area (Å²) in [4.78, 5) is 6.70. The quantitative estimate of drug-likeness (QED) is 0.323. The Morgan fingerprint density at radius 2 is 1.87 bits per heavy atom. The van der Waals surface area contributed by atoms with Gasteiger partial charge in [-0.15, -0.1) is 24.0 Å². The first kappa shape index (κ1) is 20.1. The third kappa shape index (κ3) is 7.42. The highest BCUT2D eigenvalue weighted by Gasteiger charge is 2.16. The molecule has 4 nitrogen and oxygen atoms in total. The molecular formula is C18H30IN3O. The van der Waals surface area contributed by atoms with Gasteiger partial charge in [0.05, 0.1) is 6.61 Å². The number of aryl methyl sites for hydroxylation is 1. The highest BCUT2D eigenvalue weighted by molar-refractivity contribution is 14.0. The van der Waals surface area contributed by atoms with E-state index in [1.807, 2.05) is 12.1 Å². The van der Waals surface area contributed by atoms with Crippen molar-refractivity contribution in [3.63, 3.8) is 0 Å². The number of benzene rings is 1. The largest absolute Gasteiger partial charge is 0.494 e. The van der Waals surface area contributed by atoms with Gasteiger partial charge < -0.3 is 15.4 Å². The minimum absolute atomic E-state index is 0. The van der Waals surface area contributed by atoms with Crippen LogP contribution in [0.5, 0.6) is 5.75 Å². The van der Waals surface area contributed by atoms with E-state index in [4.69, 9.17) is 10.5 Å². The summed E-state index contributed by atoms with van der Waals surface area (Å²) in [7, 11) is 0. The van der Waals surface area contributed by atoms with Crippen LogP contribution in [0.4, 0.5) is 0 Å². The van der Waals surface area contributed by atoms with Gasteiger partial charge in [-0.05, 0) is 50.7 Å². The molecule has 0 aromatic heterocycles. The third-order valence-corrected chi connectivity index (χ3v) is 4.22. The second-order valence-corrected chi connectivity index (χ2v) is 6.28. The SMILES string of the molecule is Cc1ccc(OCCCCN=C(N)N2CCC(C)CC2)cc1.I. The Morgan fingerprint density at radius 1 is 1.22 bits per heavy atom. The molecule has 0 aliphatic carbocycles. The van der Waals surface area contributed by atoms with E-state index in [-0.39, 0.29) is 24.0 Å². The van der Waals surface area contributed by atoms with Gasteiger partial charge in [-0.25, -0.2) is 0 Å². The third-order valence-electron chi connectivity index (χ3n) is 4.22. The summed E-state index contributed by atoms with van der Waals surface area (Å²) in [5.41, 5.74) is 7.31. The van der Waals surface area contributed by atoms with Gasteiger partial charge >= 0.3 is 0 Å². The zero-order valence-electron chi connectivity index (χ0n) is 14.3. The normalized spacial score (nSPS) is 16.1. The minimum Gasteiger partial charge on any atom is -0.494 e. The van der Waals surface area contributed by atoms with Crippen LogP contribution in [0.1, 0.15) is 38.2 Å². The van der Waals surface area contributed by atoms with Crippen LogP contribution in [0.2, 0.25) is 0 Å². The van der Waals surface area contributed by atoms with E-state index in [9.17, 15) is 0 Å². The summed E-state index contributed by atoms with van der Waals surface area (Å²) in [5.74, 6) is 2.48. The Labute approximate surface area is 157 Å². The maximum Gasteiger partial charge on any atom is 0.191 e. The number of halogens is 1. The van der Waals surface area contributed by atoms with Gasteiger partial charge in [-0.1, -0.05) is 24.6 Å². The van der Waals surface area contributed by atoms with Gasteiger partial charge in [0.1, 0.15) is 5.75 Å². The number of likely N-dealkylation sites (tertiary alicyclic amines) is 1. The number of guanidine groups is 1. The van der Waals surface area contributed by atoms with Crippen LogP contribution in [-0.2, 0) is 0 Å². The van der Waals surface area contributed by atoms with Crippen LogP contribution in [0.15, 0.2) is 29.3 Å². The van der Waals surface area contributed by atoms with Gasteiger partial charge in [0.25, 0.3) is 0 Å². The summed E-state index contributed by atoms with van der Waals surface area (Å²) < 4.78 is 5.71. The van der Waals surface area contributed by atoms with Crippen molar-refractivity contribution in [1.82, 2.24) is 4.90 Å². The van der Waals surface area contributed by atoms with Crippen molar-refractivity contribution < 1.29 is 4.74 Å². The maximum atomic E-state index is 6.06. The molecule has 0 saturated carbocycles. The Balaban J connectivity index is 0.00000264. The predicted octanol–water partition coefficient (Wildman–Crippen LogP) is 3.82. The first-order valence-corrected chi connectivity index (χ1v) is 8.39. The molecule has 0 unspecified atom stereocenters. The van der Waals surface area contributed by atoms with E-state index >= 15 is 0 Å². The molecule has 1 aliphatic rings. The average Bonchev–Trinajstić information content (AvgIpc) is 2.53. The molecule has 1 aromatic carbocycles. The van der Waals surface area contributed by atoms with Gasteiger partial charge in [0.15, 0.2) is 5.96 Å². The van der Waals surface area contributed by atoms with E-state index < -0.39 is 0 Å². The maximum absolute atomic E-state index is 6.06. The van der Waals surface area contributed by atoms with Gasteiger partial charge in [0.2, 0.25) is 0 Å². The lowest BCUT2D eigenvalue weighted by atomic mass is 10.00. The fraction of sp³-hybridized carbons (Fsp3) is 0.611. The van der Waals surface area contributed by atoms with Crippen molar-refractivity contribution in [2.24, 2.45) is 16.6 Å². The molecule has 130 valence electrons. The zero-order valence-corrected chi connectivity index (χ0v) is 16.7.